The fourth-order valence-corrected chi connectivity index (χ4v) is 2.50. The Labute approximate surface area is 97.4 Å². The zero-order chi connectivity index (χ0) is 11.5. The van der Waals surface area contributed by atoms with Gasteiger partial charge in [-0.05, 0) is 23.5 Å². The SMILES string of the molecule is CCC(C)C1C(C#N)=CCc2ccccc21. The van der Waals surface area contributed by atoms with Crippen LogP contribution in [0.2, 0.25) is 0 Å². The Bertz CT molecular complexity index is 451. The Hall–Kier alpha value is -1.55. The molecule has 0 fully saturated rings. The minimum absolute atomic E-state index is 0.306. The third-order valence-corrected chi connectivity index (χ3v) is 3.61. The van der Waals surface area contributed by atoms with Crippen LogP contribution < -0.4 is 0 Å². The van der Waals surface area contributed by atoms with Crippen molar-refractivity contribution in [2.24, 2.45) is 5.92 Å². The molecule has 0 N–H and O–H groups in total. The second-order valence-corrected chi connectivity index (χ2v) is 4.54. The molecule has 0 saturated carbocycles. The molecule has 2 atom stereocenters. The number of rotatable bonds is 2. The topological polar surface area (TPSA) is 23.8 Å². The van der Waals surface area contributed by atoms with Crippen molar-refractivity contribution in [2.75, 3.05) is 0 Å². The lowest BCUT2D eigenvalue weighted by molar-refractivity contribution is 0.490. The maximum absolute atomic E-state index is 9.21. The number of hydrogen-bond acceptors (Lipinski definition) is 1. The molecule has 1 aliphatic rings. The summed E-state index contributed by atoms with van der Waals surface area (Å²) < 4.78 is 0. The van der Waals surface area contributed by atoms with E-state index in [1.54, 1.807) is 0 Å². The number of hydrogen-bond donors (Lipinski definition) is 0. The van der Waals surface area contributed by atoms with E-state index in [0.29, 0.717) is 11.8 Å². The fraction of sp³-hybridized carbons (Fsp3) is 0.400. The predicted molar refractivity (Wildman–Crippen MR) is 66.0 cm³/mol. The normalized spacial score (nSPS) is 20.6. The van der Waals surface area contributed by atoms with Gasteiger partial charge in [-0.25, -0.2) is 0 Å². The van der Waals surface area contributed by atoms with Gasteiger partial charge in [0.2, 0.25) is 0 Å². The second-order valence-electron chi connectivity index (χ2n) is 4.54. The van der Waals surface area contributed by atoms with E-state index in [1.165, 1.54) is 11.1 Å². The molecule has 0 bridgehead atoms. The van der Waals surface area contributed by atoms with Crippen molar-refractivity contribution in [1.29, 1.82) is 5.26 Å². The first-order valence-corrected chi connectivity index (χ1v) is 5.95. The molecule has 16 heavy (non-hydrogen) atoms. The van der Waals surface area contributed by atoms with Crippen molar-refractivity contribution in [2.45, 2.75) is 32.6 Å². The predicted octanol–water partition coefficient (Wildman–Crippen LogP) is 3.82. The molecule has 0 spiro atoms. The Morgan fingerprint density at radius 3 is 2.88 bits per heavy atom. The van der Waals surface area contributed by atoms with E-state index in [-0.39, 0.29) is 0 Å². The highest BCUT2D eigenvalue weighted by Crippen LogP contribution is 2.38. The van der Waals surface area contributed by atoms with Gasteiger partial charge in [0.25, 0.3) is 0 Å². The van der Waals surface area contributed by atoms with Gasteiger partial charge < -0.3 is 0 Å². The van der Waals surface area contributed by atoms with Gasteiger partial charge in [-0.15, -0.1) is 0 Å². The zero-order valence-electron chi connectivity index (χ0n) is 9.90. The molecule has 1 aromatic rings. The maximum atomic E-state index is 9.21. The first kappa shape index (κ1) is 11.0. The van der Waals surface area contributed by atoms with Crippen LogP contribution >= 0.6 is 0 Å². The van der Waals surface area contributed by atoms with Crippen LogP contribution in [0.5, 0.6) is 0 Å². The number of benzene rings is 1. The van der Waals surface area contributed by atoms with Gasteiger partial charge in [-0.2, -0.15) is 5.26 Å². The van der Waals surface area contributed by atoms with E-state index >= 15 is 0 Å². The molecule has 0 aromatic heterocycles. The van der Waals surface area contributed by atoms with Crippen molar-refractivity contribution >= 4 is 0 Å². The Kier molecular flexibility index (Phi) is 3.10. The molecule has 2 rings (SSSR count). The summed E-state index contributed by atoms with van der Waals surface area (Å²) in [4.78, 5) is 0. The number of allylic oxidation sites excluding steroid dienone is 2. The summed E-state index contributed by atoms with van der Waals surface area (Å²) in [6, 6.07) is 10.9. The lowest BCUT2D eigenvalue weighted by Crippen LogP contribution is -2.16. The summed E-state index contributed by atoms with van der Waals surface area (Å²) in [7, 11) is 0. The van der Waals surface area contributed by atoms with E-state index < -0.39 is 0 Å². The average molecular weight is 211 g/mol. The largest absolute Gasteiger partial charge is 0.193 e. The van der Waals surface area contributed by atoms with Crippen LogP contribution in [0.25, 0.3) is 0 Å². The van der Waals surface area contributed by atoms with Gasteiger partial charge in [0.05, 0.1) is 6.07 Å². The molecule has 0 heterocycles. The van der Waals surface area contributed by atoms with Crippen molar-refractivity contribution in [3.63, 3.8) is 0 Å². The van der Waals surface area contributed by atoms with Crippen LogP contribution in [-0.4, -0.2) is 0 Å². The molecule has 0 saturated heterocycles. The Morgan fingerprint density at radius 1 is 1.44 bits per heavy atom. The fourth-order valence-electron chi connectivity index (χ4n) is 2.50. The van der Waals surface area contributed by atoms with Crippen LogP contribution in [0.4, 0.5) is 0 Å². The zero-order valence-corrected chi connectivity index (χ0v) is 9.90. The van der Waals surface area contributed by atoms with E-state index in [4.69, 9.17) is 0 Å². The van der Waals surface area contributed by atoms with Gasteiger partial charge in [0.15, 0.2) is 0 Å². The molecular formula is C15H17N. The quantitative estimate of drug-likeness (QED) is 0.729. The van der Waals surface area contributed by atoms with Crippen LogP contribution in [0.3, 0.4) is 0 Å². The Balaban J connectivity index is 2.47. The highest BCUT2D eigenvalue weighted by atomic mass is 14.3. The van der Waals surface area contributed by atoms with E-state index in [9.17, 15) is 5.26 Å². The summed E-state index contributed by atoms with van der Waals surface area (Å²) in [6.07, 6.45) is 4.11. The molecule has 1 aromatic carbocycles. The summed E-state index contributed by atoms with van der Waals surface area (Å²) in [5.74, 6) is 0.840. The van der Waals surface area contributed by atoms with E-state index in [1.807, 2.05) is 0 Å². The third-order valence-electron chi connectivity index (χ3n) is 3.61. The van der Waals surface area contributed by atoms with Crippen LogP contribution in [0, 0.1) is 17.2 Å². The summed E-state index contributed by atoms with van der Waals surface area (Å²) in [5, 5.41) is 9.21. The Morgan fingerprint density at radius 2 is 2.19 bits per heavy atom. The highest BCUT2D eigenvalue weighted by Gasteiger charge is 2.26. The highest BCUT2D eigenvalue weighted by molar-refractivity contribution is 5.46. The molecule has 2 unspecified atom stereocenters. The van der Waals surface area contributed by atoms with Gasteiger partial charge in [0.1, 0.15) is 0 Å². The smallest absolute Gasteiger partial charge is 0.0950 e. The third kappa shape index (κ3) is 1.76. The standard InChI is InChI=1S/C15H17N/c1-3-11(2)15-13(10-16)9-8-12-6-4-5-7-14(12)15/h4-7,9,11,15H,3,8H2,1-2H3. The molecule has 0 aliphatic heterocycles. The molecule has 0 radical (unpaired) electrons. The van der Waals surface area contributed by atoms with Crippen molar-refractivity contribution in [1.82, 2.24) is 0 Å². The van der Waals surface area contributed by atoms with Crippen molar-refractivity contribution < 1.29 is 0 Å². The van der Waals surface area contributed by atoms with Gasteiger partial charge in [-0.3, -0.25) is 0 Å². The minimum atomic E-state index is 0.306. The number of fused-ring (bicyclic) bond motifs is 1. The van der Waals surface area contributed by atoms with E-state index in [2.05, 4.69) is 50.3 Å². The molecule has 82 valence electrons. The molecular weight excluding hydrogens is 194 g/mol. The van der Waals surface area contributed by atoms with Gasteiger partial charge in [-0.1, -0.05) is 50.6 Å². The second kappa shape index (κ2) is 4.53. The number of nitriles is 1. The summed E-state index contributed by atoms with van der Waals surface area (Å²) >= 11 is 0. The lowest BCUT2D eigenvalue weighted by atomic mass is 9.75. The molecule has 1 nitrogen and oxygen atoms in total. The van der Waals surface area contributed by atoms with Crippen molar-refractivity contribution in [3.8, 4) is 6.07 Å². The lowest BCUT2D eigenvalue weighted by Gasteiger charge is -2.28. The van der Waals surface area contributed by atoms with Crippen molar-refractivity contribution in [3.05, 3.63) is 47.0 Å². The molecule has 1 heteroatoms. The summed E-state index contributed by atoms with van der Waals surface area (Å²) in [5.41, 5.74) is 3.69. The minimum Gasteiger partial charge on any atom is -0.193 e. The molecule has 1 aliphatic carbocycles. The van der Waals surface area contributed by atoms with Gasteiger partial charge >= 0.3 is 0 Å². The monoisotopic (exact) mass is 211 g/mol. The first-order valence-electron chi connectivity index (χ1n) is 5.95. The molecule has 0 amide bonds. The van der Waals surface area contributed by atoms with Crippen LogP contribution in [-0.2, 0) is 6.42 Å². The van der Waals surface area contributed by atoms with Crippen LogP contribution in [0.1, 0.15) is 37.3 Å². The first-order chi connectivity index (χ1) is 7.77. The number of nitrogens with zero attached hydrogens (tertiary/aromatic N) is 1. The van der Waals surface area contributed by atoms with Gasteiger partial charge in [0, 0.05) is 11.5 Å². The van der Waals surface area contributed by atoms with Crippen LogP contribution in [0.15, 0.2) is 35.9 Å². The average Bonchev–Trinajstić information content (AvgIpc) is 2.36. The van der Waals surface area contributed by atoms with E-state index in [0.717, 1.165) is 18.4 Å². The summed E-state index contributed by atoms with van der Waals surface area (Å²) in [6.45, 7) is 4.43. The maximum Gasteiger partial charge on any atom is 0.0950 e.